The first-order valence-electron chi connectivity index (χ1n) is 13.6. The molecule has 4 aliphatic rings. The molecule has 9 heteroatoms. The summed E-state index contributed by atoms with van der Waals surface area (Å²) in [6.45, 7) is 4.24. The molecule has 2 saturated heterocycles. The Hall–Kier alpha value is -1.99. The molecule has 2 aliphatic carbocycles. The van der Waals surface area contributed by atoms with Crippen LogP contribution in [0.15, 0.2) is 18.2 Å². The maximum absolute atomic E-state index is 13.6. The fourth-order valence-corrected chi connectivity index (χ4v) is 6.47. The molecule has 2 heterocycles. The summed E-state index contributed by atoms with van der Waals surface area (Å²) in [5, 5.41) is 0.934. The molecule has 0 radical (unpaired) electrons. The van der Waals surface area contributed by atoms with Crippen molar-refractivity contribution >= 4 is 41.1 Å². The van der Waals surface area contributed by atoms with Gasteiger partial charge in [0.1, 0.15) is 6.10 Å². The van der Waals surface area contributed by atoms with Crippen LogP contribution in [0.5, 0.6) is 0 Å². The highest BCUT2D eigenvalue weighted by molar-refractivity contribution is 6.42. The van der Waals surface area contributed by atoms with E-state index in [2.05, 4.69) is 0 Å². The third kappa shape index (κ3) is 5.58. The van der Waals surface area contributed by atoms with E-state index in [-0.39, 0.29) is 47.3 Å². The van der Waals surface area contributed by atoms with Crippen LogP contribution < -0.4 is 0 Å². The van der Waals surface area contributed by atoms with Gasteiger partial charge in [0.2, 0.25) is 11.8 Å². The highest BCUT2D eigenvalue weighted by atomic mass is 35.5. The van der Waals surface area contributed by atoms with Crippen LogP contribution in [-0.2, 0) is 14.3 Å². The number of likely N-dealkylation sites (tertiary alicyclic amines) is 2. The molecule has 0 N–H and O–H groups in total. The van der Waals surface area contributed by atoms with Crippen molar-refractivity contribution in [3.63, 3.8) is 0 Å². The van der Waals surface area contributed by atoms with Gasteiger partial charge >= 0.3 is 6.09 Å². The Kier molecular flexibility index (Phi) is 7.65. The number of amides is 3. The number of ether oxygens (including phenoxy) is 1. The molecule has 1 aromatic rings. The van der Waals surface area contributed by atoms with Crippen LogP contribution in [0.3, 0.4) is 0 Å². The zero-order valence-corrected chi connectivity index (χ0v) is 23.3. The molecule has 2 saturated carbocycles. The molecule has 7 nitrogen and oxygen atoms in total. The van der Waals surface area contributed by atoms with Gasteiger partial charge in [-0.3, -0.25) is 9.59 Å². The van der Waals surface area contributed by atoms with Crippen LogP contribution in [0.1, 0.15) is 69.8 Å². The summed E-state index contributed by atoms with van der Waals surface area (Å²) in [6, 6.07) is 5.31. The van der Waals surface area contributed by atoms with Crippen molar-refractivity contribution < 1.29 is 19.1 Å². The largest absolute Gasteiger partial charge is 0.446 e. The van der Waals surface area contributed by atoms with E-state index in [4.69, 9.17) is 27.9 Å². The molecule has 1 aromatic carbocycles. The van der Waals surface area contributed by atoms with Gasteiger partial charge in [0.05, 0.1) is 16.1 Å². The van der Waals surface area contributed by atoms with Crippen LogP contribution in [0.4, 0.5) is 4.79 Å². The number of hydrogen-bond acceptors (Lipinski definition) is 4. The third-order valence-corrected chi connectivity index (χ3v) is 9.71. The van der Waals surface area contributed by atoms with E-state index in [1.165, 1.54) is 0 Å². The Balaban J connectivity index is 1.28. The molecule has 2 aliphatic heterocycles. The average Bonchev–Trinajstić information content (AvgIpc) is 3.26. The van der Waals surface area contributed by atoms with Gasteiger partial charge in [-0.15, -0.1) is 0 Å². The van der Waals surface area contributed by atoms with Crippen molar-refractivity contribution in [1.29, 1.82) is 0 Å². The highest BCUT2D eigenvalue weighted by Gasteiger charge is 2.48. The van der Waals surface area contributed by atoms with Gasteiger partial charge in [-0.2, -0.15) is 0 Å². The Labute approximate surface area is 229 Å². The van der Waals surface area contributed by atoms with Gasteiger partial charge in [-0.25, -0.2) is 4.79 Å². The molecular weight excluding hydrogens is 513 g/mol. The first kappa shape index (κ1) is 26.6. The van der Waals surface area contributed by atoms with E-state index in [1.807, 2.05) is 28.9 Å². The second kappa shape index (κ2) is 10.6. The molecular formula is C28H37Cl2N3O4. The number of hydrogen-bond donors (Lipinski definition) is 0. The summed E-state index contributed by atoms with van der Waals surface area (Å²) < 4.78 is 5.79. The number of rotatable bonds is 5. The van der Waals surface area contributed by atoms with Crippen molar-refractivity contribution in [3.05, 3.63) is 33.8 Å². The van der Waals surface area contributed by atoms with E-state index in [9.17, 15) is 14.4 Å². The topological polar surface area (TPSA) is 70.2 Å². The lowest BCUT2D eigenvalue weighted by Crippen LogP contribution is -2.46. The molecule has 4 fully saturated rings. The van der Waals surface area contributed by atoms with Crippen molar-refractivity contribution in [2.24, 2.45) is 11.3 Å². The van der Waals surface area contributed by atoms with E-state index in [0.717, 1.165) is 44.1 Å². The van der Waals surface area contributed by atoms with Gasteiger partial charge in [0, 0.05) is 50.5 Å². The van der Waals surface area contributed by atoms with E-state index in [1.54, 1.807) is 18.0 Å². The number of carbonyl (C=O) groups is 3. The minimum absolute atomic E-state index is 0.0247. The van der Waals surface area contributed by atoms with Crippen LogP contribution in [0.2, 0.25) is 10.0 Å². The lowest BCUT2D eigenvalue weighted by Gasteiger charge is -2.34. The van der Waals surface area contributed by atoms with Gasteiger partial charge in [-0.1, -0.05) is 36.2 Å². The summed E-state index contributed by atoms with van der Waals surface area (Å²) in [5.41, 5.74) is 0.775. The highest BCUT2D eigenvalue weighted by Crippen LogP contribution is 2.47. The van der Waals surface area contributed by atoms with Crippen molar-refractivity contribution in [3.8, 4) is 0 Å². The maximum atomic E-state index is 13.6. The number of likely N-dealkylation sites (N-methyl/N-ethyl adjacent to an activating group) is 1. The van der Waals surface area contributed by atoms with Gasteiger partial charge in [-0.05, 0) is 69.1 Å². The lowest BCUT2D eigenvalue weighted by atomic mass is 9.93. The molecule has 5 rings (SSSR count). The molecule has 0 bridgehead atoms. The van der Waals surface area contributed by atoms with Crippen molar-refractivity contribution in [2.45, 2.75) is 76.4 Å². The lowest BCUT2D eigenvalue weighted by molar-refractivity contribution is -0.142. The quantitative estimate of drug-likeness (QED) is 0.497. The van der Waals surface area contributed by atoms with E-state index in [0.29, 0.717) is 49.1 Å². The standard InChI is InChI=1S/C28H37Cl2N3O4/c1-28(11-12-28)26(35)32-13-9-18(10-14-32)25(34)33-16-21(19-7-8-22(29)23(30)15-19)24(17-33)31(2)27(36)37-20-5-3-4-6-20/h7-8,15,18,20-21,24H,3-6,9-14,16-17H2,1-2H3. The van der Waals surface area contributed by atoms with Gasteiger partial charge in [0.15, 0.2) is 0 Å². The number of halogens is 2. The first-order valence-corrected chi connectivity index (χ1v) is 14.4. The van der Waals surface area contributed by atoms with Crippen molar-refractivity contribution in [2.75, 3.05) is 33.2 Å². The first-order chi connectivity index (χ1) is 17.7. The zero-order valence-electron chi connectivity index (χ0n) is 21.8. The summed E-state index contributed by atoms with van der Waals surface area (Å²) in [4.78, 5) is 44.9. The fraction of sp³-hybridized carbons (Fsp3) is 0.679. The van der Waals surface area contributed by atoms with Crippen LogP contribution in [0.25, 0.3) is 0 Å². The zero-order chi connectivity index (χ0) is 26.3. The average molecular weight is 551 g/mol. The molecule has 0 spiro atoms. The Bertz CT molecular complexity index is 1050. The summed E-state index contributed by atoms with van der Waals surface area (Å²) in [6.07, 6.45) is 6.92. The smallest absolute Gasteiger partial charge is 0.410 e. The normalized spacial score (nSPS) is 25.8. The summed E-state index contributed by atoms with van der Waals surface area (Å²) >= 11 is 12.5. The fourth-order valence-electron chi connectivity index (χ4n) is 6.17. The Morgan fingerprint density at radius 3 is 2.27 bits per heavy atom. The minimum Gasteiger partial charge on any atom is -0.446 e. The Morgan fingerprint density at radius 2 is 1.65 bits per heavy atom. The minimum atomic E-state index is -0.336. The van der Waals surface area contributed by atoms with E-state index < -0.39 is 0 Å². The maximum Gasteiger partial charge on any atom is 0.410 e. The second-order valence-corrected chi connectivity index (χ2v) is 12.4. The molecule has 2 atom stereocenters. The van der Waals surface area contributed by atoms with E-state index >= 15 is 0 Å². The molecule has 37 heavy (non-hydrogen) atoms. The molecule has 2 unspecified atom stereocenters. The third-order valence-electron chi connectivity index (χ3n) is 8.98. The number of benzene rings is 1. The number of carbonyl (C=O) groups excluding carboxylic acids is 3. The monoisotopic (exact) mass is 549 g/mol. The van der Waals surface area contributed by atoms with Crippen LogP contribution in [0, 0.1) is 11.3 Å². The predicted octanol–water partition coefficient (Wildman–Crippen LogP) is 5.34. The second-order valence-electron chi connectivity index (χ2n) is 11.6. The molecule has 3 amide bonds. The number of nitrogens with zero attached hydrogens (tertiary/aromatic N) is 3. The molecule has 0 aromatic heterocycles. The van der Waals surface area contributed by atoms with Gasteiger partial charge in [0.25, 0.3) is 0 Å². The van der Waals surface area contributed by atoms with Crippen molar-refractivity contribution in [1.82, 2.24) is 14.7 Å². The van der Waals surface area contributed by atoms with Crippen LogP contribution in [-0.4, -0.2) is 78.0 Å². The SMILES string of the molecule is CN(C(=O)OC1CCCC1)C1CN(C(=O)C2CCN(C(=O)C3(C)CC3)CC2)CC1c1ccc(Cl)c(Cl)c1. The summed E-state index contributed by atoms with van der Waals surface area (Å²) in [5.74, 6) is 0.132. The number of piperidine rings is 1. The summed E-state index contributed by atoms with van der Waals surface area (Å²) in [7, 11) is 1.77. The van der Waals surface area contributed by atoms with Crippen LogP contribution >= 0.6 is 23.2 Å². The molecule has 202 valence electrons. The Morgan fingerprint density at radius 1 is 0.973 bits per heavy atom. The van der Waals surface area contributed by atoms with Gasteiger partial charge < -0.3 is 19.4 Å². The predicted molar refractivity (Wildman–Crippen MR) is 143 cm³/mol.